The van der Waals surface area contributed by atoms with Crippen LogP contribution < -0.4 is 14.8 Å². The molecule has 1 unspecified atom stereocenters. The molecule has 1 aliphatic heterocycles. The van der Waals surface area contributed by atoms with Crippen molar-refractivity contribution in [3.63, 3.8) is 0 Å². The fourth-order valence-electron chi connectivity index (χ4n) is 2.83. The molecule has 0 aliphatic carbocycles. The van der Waals surface area contributed by atoms with Crippen LogP contribution >= 0.6 is 0 Å². The number of carbonyl (C=O) groups is 1. The van der Waals surface area contributed by atoms with Gasteiger partial charge in [0.2, 0.25) is 0 Å². The van der Waals surface area contributed by atoms with Gasteiger partial charge in [-0.25, -0.2) is 4.79 Å². The number of nitrogens with one attached hydrogen (secondary N) is 1. The van der Waals surface area contributed by atoms with Crippen LogP contribution in [-0.4, -0.2) is 30.6 Å². The van der Waals surface area contributed by atoms with Crippen molar-refractivity contribution in [2.24, 2.45) is 5.92 Å². The number of hydrogen-bond donors (Lipinski definition) is 1. The second-order valence-corrected chi connectivity index (χ2v) is 6.30. The summed E-state index contributed by atoms with van der Waals surface area (Å²) >= 11 is 0. The molecule has 25 heavy (non-hydrogen) atoms. The van der Waals surface area contributed by atoms with Gasteiger partial charge in [0, 0.05) is 18.8 Å². The summed E-state index contributed by atoms with van der Waals surface area (Å²) in [6.07, 6.45) is 1.07. The average molecular weight is 340 g/mol. The van der Waals surface area contributed by atoms with Crippen molar-refractivity contribution in [1.29, 1.82) is 0 Å². The van der Waals surface area contributed by atoms with Crippen molar-refractivity contribution in [3.8, 4) is 17.2 Å². The van der Waals surface area contributed by atoms with Crippen LogP contribution in [0.1, 0.15) is 20.3 Å². The Kier molecular flexibility index (Phi) is 5.43. The van der Waals surface area contributed by atoms with Gasteiger partial charge < -0.3 is 19.7 Å². The third kappa shape index (κ3) is 4.66. The molecule has 0 saturated carbocycles. The quantitative estimate of drug-likeness (QED) is 0.854. The first-order chi connectivity index (χ1) is 12.1. The van der Waals surface area contributed by atoms with Gasteiger partial charge in [-0.1, -0.05) is 6.92 Å². The molecule has 5 heteroatoms. The Morgan fingerprint density at radius 3 is 2.24 bits per heavy atom. The molecule has 1 atom stereocenters. The topological polar surface area (TPSA) is 50.8 Å². The molecule has 0 bridgehead atoms. The number of benzene rings is 2. The first kappa shape index (κ1) is 17.1. The van der Waals surface area contributed by atoms with Crippen molar-refractivity contribution >= 4 is 11.7 Å². The summed E-state index contributed by atoms with van der Waals surface area (Å²) in [6.45, 7) is 6.41. The normalized spacial score (nSPS) is 16.6. The lowest BCUT2D eigenvalue weighted by atomic mass is 10.2. The van der Waals surface area contributed by atoms with Gasteiger partial charge in [0.1, 0.15) is 17.2 Å². The molecule has 1 saturated heterocycles. The van der Waals surface area contributed by atoms with Crippen LogP contribution in [0, 0.1) is 5.92 Å². The lowest BCUT2D eigenvalue weighted by molar-refractivity contribution is 0.221. The number of likely N-dealkylation sites (tertiary alicyclic amines) is 1. The third-order valence-electron chi connectivity index (χ3n) is 4.19. The Hall–Kier alpha value is -2.69. The molecule has 132 valence electrons. The highest BCUT2D eigenvalue weighted by atomic mass is 16.5. The maximum Gasteiger partial charge on any atom is 0.321 e. The van der Waals surface area contributed by atoms with E-state index in [1.807, 2.05) is 60.4 Å². The molecule has 0 aromatic heterocycles. The number of carbonyl (C=O) groups excluding carboxylic acids is 1. The van der Waals surface area contributed by atoms with E-state index in [1.165, 1.54) is 0 Å². The van der Waals surface area contributed by atoms with Crippen LogP contribution in [-0.2, 0) is 0 Å². The third-order valence-corrected chi connectivity index (χ3v) is 4.19. The second-order valence-electron chi connectivity index (χ2n) is 6.30. The highest BCUT2D eigenvalue weighted by molar-refractivity contribution is 5.89. The molecule has 3 rings (SSSR count). The molecule has 1 aliphatic rings. The van der Waals surface area contributed by atoms with E-state index in [0.29, 0.717) is 12.5 Å². The summed E-state index contributed by atoms with van der Waals surface area (Å²) in [6, 6.07) is 14.9. The van der Waals surface area contributed by atoms with Crippen molar-refractivity contribution < 1.29 is 14.3 Å². The van der Waals surface area contributed by atoms with E-state index in [9.17, 15) is 4.79 Å². The van der Waals surface area contributed by atoms with E-state index in [0.717, 1.165) is 42.4 Å². The van der Waals surface area contributed by atoms with Gasteiger partial charge in [-0.3, -0.25) is 0 Å². The molecule has 1 N–H and O–H groups in total. The van der Waals surface area contributed by atoms with E-state index in [-0.39, 0.29) is 6.03 Å². The Morgan fingerprint density at radius 2 is 1.68 bits per heavy atom. The smallest absolute Gasteiger partial charge is 0.321 e. The van der Waals surface area contributed by atoms with Crippen molar-refractivity contribution in [3.05, 3.63) is 48.5 Å². The van der Waals surface area contributed by atoms with E-state index in [4.69, 9.17) is 9.47 Å². The van der Waals surface area contributed by atoms with Gasteiger partial charge in [-0.2, -0.15) is 0 Å². The van der Waals surface area contributed by atoms with Gasteiger partial charge in [-0.05, 0) is 67.8 Å². The molecule has 2 aromatic rings. The number of nitrogens with zero attached hydrogens (tertiary/aromatic N) is 1. The lowest BCUT2D eigenvalue weighted by Gasteiger charge is -2.17. The molecular weight excluding hydrogens is 316 g/mol. The monoisotopic (exact) mass is 340 g/mol. The van der Waals surface area contributed by atoms with Crippen molar-refractivity contribution in [2.75, 3.05) is 25.0 Å². The van der Waals surface area contributed by atoms with Gasteiger partial charge in [-0.15, -0.1) is 0 Å². The second kappa shape index (κ2) is 7.92. The first-order valence-electron chi connectivity index (χ1n) is 8.70. The van der Waals surface area contributed by atoms with Crippen LogP contribution in [0.25, 0.3) is 0 Å². The minimum atomic E-state index is -0.0375. The van der Waals surface area contributed by atoms with Gasteiger partial charge in [0.15, 0.2) is 0 Å². The number of urea groups is 1. The maximum absolute atomic E-state index is 12.2. The minimum absolute atomic E-state index is 0.0375. The Morgan fingerprint density at radius 1 is 1.08 bits per heavy atom. The van der Waals surface area contributed by atoms with E-state index in [2.05, 4.69) is 12.2 Å². The number of rotatable bonds is 5. The standard InChI is InChI=1S/C20H24N2O3/c1-3-24-17-8-10-19(11-9-17)25-18-6-4-16(5-7-18)21-20(23)22-13-12-15(2)14-22/h4-11,15H,3,12-14H2,1-2H3,(H,21,23). The van der Waals surface area contributed by atoms with Crippen molar-refractivity contribution in [1.82, 2.24) is 4.90 Å². The zero-order valence-corrected chi connectivity index (χ0v) is 14.7. The van der Waals surface area contributed by atoms with Crippen LogP contribution in [0.15, 0.2) is 48.5 Å². The lowest BCUT2D eigenvalue weighted by Crippen LogP contribution is -2.32. The summed E-state index contributed by atoms with van der Waals surface area (Å²) < 4.78 is 11.2. The molecule has 2 amide bonds. The van der Waals surface area contributed by atoms with Crippen LogP contribution in [0.3, 0.4) is 0 Å². The highest BCUT2D eigenvalue weighted by Gasteiger charge is 2.22. The molecule has 2 aromatic carbocycles. The molecular formula is C20H24N2O3. The van der Waals surface area contributed by atoms with Crippen molar-refractivity contribution in [2.45, 2.75) is 20.3 Å². The van der Waals surface area contributed by atoms with E-state index < -0.39 is 0 Å². The van der Waals surface area contributed by atoms with Gasteiger partial charge in [0.05, 0.1) is 6.61 Å². The zero-order valence-electron chi connectivity index (χ0n) is 14.7. The predicted octanol–water partition coefficient (Wildman–Crippen LogP) is 4.75. The molecule has 0 radical (unpaired) electrons. The predicted molar refractivity (Wildman–Crippen MR) is 98.5 cm³/mol. The summed E-state index contributed by atoms with van der Waals surface area (Å²) in [5.41, 5.74) is 0.767. The SMILES string of the molecule is CCOc1ccc(Oc2ccc(NC(=O)N3CCC(C)C3)cc2)cc1. The Balaban J connectivity index is 1.55. The van der Waals surface area contributed by atoms with Gasteiger partial charge in [0.25, 0.3) is 0 Å². The van der Waals surface area contributed by atoms with Crippen LogP contribution in [0.4, 0.5) is 10.5 Å². The van der Waals surface area contributed by atoms with E-state index >= 15 is 0 Å². The largest absolute Gasteiger partial charge is 0.494 e. The number of amides is 2. The van der Waals surface area contributed by atoms with Crippen LogP contribution in [0.2, 0.25) is 0 Å². The molecule has 1 fully saturated rings. The molecule has 5 nitrogen and oxygen atoms in total. The summed E-state index contributed by atoms with van der Waals surface area (Å²) in [5.74, 6) is 2.86. The Bertz CT molecular complexity index is 698. The fourth-order valence-corrected chi connectivity index (χ4v) is 2.83. The Labute approximate surface area is 148 Å². The zero-order chi connectivity index (χ0) is 17.6. The fraction of sp³-hybridized carbons (Fsp3) is 0.350. The number of hydrogen-bond acceptors (Lipinski definition) is 3. The van der Waals surface area contributed by atoms with Gasteiger partial charge >= 0.3 is 6.03 Å². The molecule has 0 spiro atoms. The summed E-state index contributed by atoms with van der Waals surface area (Å²) in [7, 11) is 0. The van der Waals surface area contributed by atoms with Crippen LogP contribution in [0.5, 0.6) is 17.2 Å². The van der Waals surface area contributed by atoms with E-state index in [1.54, 1.807) is 0 Å². The summed E-state index contributed by atoms with van der Waals surface area (Å²) in [4.78, 5) is 14.0. The highest BCUT2D eigenvalue weighted by Crippen LogP contribution is 2.25. The first-order valence-corrected chi connectivity index (χ1v) is 8.70. The summed E-state index contributed by atoms with van der Waals surface area (Å²) in [5, 5.41) is 2.93. The molecule has 1 heterocycles. The maximum atomic E-state index is 12.2. The number of anilines is 1. The minimum Gasteiger partial charge on any atom is -0.494 e. The average Bonchev–Trinajstić information content (AvgIpc) is 3.05. The number of ether oxygens (including phenoxy) is 2.